The average Bonchev–Trinajstić information content (AvgIpc) is 2.76. The van der Waals surface area contributed by atoms with E-state index in [1.807, 2.05) is 36.5 Å². The second kappa shape index (κ2) is 4.22. The summed E-state index contributed by atoms with van der Waals surface area (Å²) in [5.74, 6) is 0. The van der Waals surface area contributed by atoms with E-state index in [1.165, 1.54) is 10.9 Å². The average molecular weight is 243 g/mol. The van der Waals surface area contributed by atoms with Crippen molar-refractivity contribution >= 4 is 22.6 Å². The fourth-order valence-corrected chi connectivity index (χ4v) is 2.06. The van der Waals surface area contributed by atoms with Crippen molar-refractivity contribution < 1.29 is 0 Å². The van der Waals surface area contributed by atoms with Crippen molar-refractivity contribution in [2.24, 2.45) is 0 Å². The Bertz CT molecular complexity index is 641. The summed E-state index contributed by atoms with van der Waals surface area (Å²) in [6, 6.07) is 14.0. The van der Waals surface area contributed by atoms with Crippen LogP contribution < -0.4 is 0 Å². The molecule has 2 aromatic heterocycles. The molecule has 0 N–H and O–H groups in total. The molecule has 0 aliphatic rings. The van der Waals surface area contributed by atoms with Crippen LogP contribution in [-0.2, 0) is 6.54 Å². The van der Waals surface area contributed by atoms with E-state index >= 15 is 0 Å². The summed E-state index contributed by atoms with van der Waals surface area (Å²) in [4.78, 5) is 4.39. The third-order valence-corrected chi connectivity index (χ3v) is 3.04. The Morgan fingerprint density at radius 1 is 1.06 bits per heavy atom. The third kappa shape index (κ3) is 2.04. The van der Waals surface area contributed by atoms with Crippen LogP contribution in [0.3, 0.4) is 0 Å². The quantitative estimate of drug-likeness (QED) is 0.669. The van der Waals surface area contributed by atoms with E-state index in [4.69, 9.17) is 11.6 Å². The molecule has 84 valence electrons. The summed E-state index contributed by atoms with van der Waals surface area (Å²) in [6.07, 6.45) is 3.88. The van der Waals surface area contributed by atoms with Gasteiger partial charge in [0, 0.05) is 29.3 Å². The van der Waals surface area contributed by atoms with E-state index < -0.39 is 0 Å². The standard InChI is InChI=1S/C14H11ClN2/c15-13-5-3-11(4-6-13)10-17-9-7-12-2-1-8-16-14(12)17/h1-9H,10H2. The van der Waals surface area contributed by atoms with E-state index in [0.717, 1.165) is 17.2 Å². The number of rotatable bonds is 2. The maximum atomic E-state index is 5.87. The van der Waals surface area contributed by atoms with E-state index in [0.29, 0.717) is 0 Å². The molecule has 3 aromatic rings. The molecule has 2 nitrogen and oxygen atoms in total. The highest BCUT2D eigenvalue weighted by molar-refractivity contribution is 6.30. The van der Waals surface area contributed by atoms with Crippen molar-refractivity contribution in [3.8, 4) is 0 Å². The first kappa shape index (κ1) is 10.4. The summed E-state index contributed by atoms with van der Waals surface area (Å²) >= 11 is 5.87. The minimum absolute atomic E-state index is 0.768. The van der Waals surface area contributed by atoms with Crippen LogP contribution in [0.1, 0.15) is 5.56 Å². The molecule has 3 heteroatoms. The van der Waals surface area contributed by atoms with Crippen molar-refractivity contribution in [1.82, 2.24) is 9.55 Å². The van der Waals surface area contributed by atoms with Gasteiger partial charge in [0.25, 0.3) is 0 Å². The normalized spacial score (nSPS) is 10.9. The number of pyridine rings is 1. The number of hydrogen-bond acceptors (Lipinski definition) is 1. The Morgan fingerprint density at radius 3 is 2.71 bits per heavy atom. The van der Waals surface area contributed by atoms with Gasteiger partial charge in [-0.15, -0.1) is 0 Å². The summed E-state index contributed by atoms with van der Waals surface area (Å²) in [7, 11) is 0. The summed E-state index contributed by atoms with van der Waals surface area (Å²) < 4.78 is 2.14. The molecule has 0 aliphatic carbocycles. The van der Waals surface area contributed by atoms with Gasteiger partial charge in [-0.2, -0.15) is 0 Å². The van der Waals surface area contributed by atoms with Crippen LogP contribution in [0.25, 0.3) is 11.0 Å². The van der Waals surface area contributed by atoms with Crippen LogP contribution >= 0.6 is 11.6 Å². The van der Waals surface area contributed by atoms with Crippen LogP contribution in [0.4, 0.5) is 0 Å². The summed E-state index contributed by atoms with van der Waals surface area (Å²) in [5.41, 5.74) is 2.24. The van der Waals surface area contributed by atoms with Crippen LogP contribution in [-0.4, -0.2) is 9.55 Å². The first-order valence-corrected chi connectivity index (χ1v) is 5.85. The van der Waals surface area contributed by atoms with Gasteiger partial charge in [-0.25, -0.2) is 4.98 Å². The predicted molar refractivity (Wildman–Crippen MR) is 70.3 cm³/mol. The Labute approximate surface area is 104 Å². The maximum absolute atomic E-state index is 5.87. The van der Waals surface area contributed by atoms with Gasteiger partial charge in [0.2, 0.25) is 0 Å². The second-order valence-corrected chi connectivity index (χ2v) is 4.42. The minimum Gasteiger partial charge on any atom is -0.328 e. The van der Waals surface area contributed by atoms with Gasteiger partial charge in [0.15, 0.2) is 0 Å². The molecule has 0 atom stereocenters. The predicted octanol–water partition coefficient (Wildman–Crippen LogP) is 3.74. The van der Waals surface area contributed by atoms with Crippen LogP contribution in [0, 0.1) is 0 Å². The monoisotopic (exact) mass is 242 g/mol. The lowest BCUT2D eigenvalue weighted by Gasteiger charge is -2.04. The zero-order valence-electron chi connectivity index (χ0n) is 9.18. The first-order valence-electron chi connectivity index (χ1n) is 5.47. The van der Waals surface area contributed by atoms with Gasteiger partial charge in [-0.05, 0) is 35.9 Å². The molecule has 17 heavy (non-hydrogen) atoms. The fourth-order valence-electron chi connectivity index (χ4n) is 1.93. The van der Waals surface area contributed by atoms with Crippen molar-refractivity contribution in [3.63, 3.8) is 0 Å². The van der Waals surface area contributed by atoms with E-state index in [9.17, 15) is 0 Å². The second-order valence-electron chi connectivity index (χ2n) is 3.99. The van der Waals surface area contributed by atoms with E-state index in [-0.39, 0.29) is 0 Å². The topological polar surface area (TPSA) is 17.8 Å². The Hall–Kier alpha value is -1.80. The number of aromatic nitrogens is 2. The van der Waals surface area contributed by atoms with Gasteiger partial charge >= 0.3 is 0 Å². The lowest BCUT2D eigenvalue weighted by atomic mass is 10.2. The number of hydrogen-bond donors (Lipinski definition) is 0. The van der Waals surface area contributed by atoms with Crippen LogP contribution in [0.2, 0.25) is 5.02 Å². The van der Waals surface area contributed by atoms with Gasteiger partial charge in [-0.3, -0.25) is 0 Å². The molecule has 0 amide bonds. The van der Waals surface area contributed by atoms with Gasteiger partial charge in [0.05, 0.1) is 0 Å². The van der Waals surface area contributed by atoms with Crippen molar-refractivity contribution in [2.45, 2.75) is 6.54 Å². The lowest BCUT2D eigenvalue weighted by molar-refractivity contribution is 0.825. The molecule has 0 aliphatic heterocycles. The largest absolute Gasteiger partial charge is 0.328 e. The number of benzene rings is 1. The number of nitrogens with zero attached hydrogens (tertiary/aromatic N) is 2. The molecule has 0 saturated heterocycles. The summed E-state index contributed by atoms with van der Waals surface area (Å²) in [6.45, 7) is 0.817. The molecule has 0 spiro atoms. The molecule has 0 fully saturated rings. The highest BCUT2D eigenvalue weighted by Gasteiger charge is 2.01. The van der Waals surface area contributed by atoms with Crippen LogP contribution in [0.5, 0.6) is 0 Å². The zero-order valence-corrected chi connectivity index (χ0v) is 9.93. The molecule has 2 heterocycles. The molecular formula is C14H11ClN2. The molecule has 0 unspecified atom stereocenters. The van der Waals surface area contributed by atoms with Crippen LogP contribution in [0.15, 0.2) is 54.9 Å². The minimum atomic E-state index is 0.768. The maximum Gasteiger partial charge on any atom is 0.140 e. The third-order valence-electron chi connectivity index (χ3n) is 2.79. The Morgan fingerprint density at radius 2 is 1.88 bits per heavy atom. The number of fused-ring (bicyclic) bond motifs is 1. The van der Waals surface area contributed by atoms with Crippen molar-refractivity contribution in [3.05, 3.63) is 65.4 Å². The molecule has 0 saturated carbocycles. The fraction of sp³-hybridized carbons (Fsp3) is 0.0714. The smallest absolute Gasteiger partial charge is 0.140 e. The lowest BCUT2D eigenvalue weighted by Crippen LogP contribution is -1.98. The highest BCUT2D eigenvalue weighted by atomic mass is 35.5. The van der Waals surface area contributed by atoms with E-state index in [2.05, 4.69) is 27.9 Å². The van der Waals surface area contributed by atoms with Gasteiger partial charge < -0.3 is 4.57 Å². The SMILES string of the molecule is Clc1ccc(Cn2ccc3cccnc32)cc1. The molecule has 0 radical (unpaired) electrons. The Kier molecular flexibility index (Phi) is 2.57. The zero-order chi connectivity index (χ0) is 11.7. The molecule has 0 bridgehead atoms. The van der Waals surface area contributed by atoms with Gasteiger partial charge in [0.1, 0.15) is 5.65 Å². The Balaban J connectivity index is 1.97. The molecule has 3 rings (SSSR count). The van der Waals surface area contributed by atoms with Crippen molar-refractivity contribution in [1.29, 1.82) is 0 Å². The number of halogens is 1. The highest BCUT2D eigenvalue weighted by Crippen LogP contribution is 2.15. The first-order chi connectivity index (χ1) is 8.33. The van der Waals surface area contributed by atoms with Crippen molar-refractivity contribution in [2.75, 3.05) is 0 Å². The van der Waals surface area contributed by atoms with E-state index in [1.54, 1.807) is 0 Å². The summed E-state index contributed by atoms with van der Waals surface area (Å²) in [5, 5.41) is 1.94. The molecular weight excluding hydrogens is 232 g/mol. The molecule has 1 aromatic carbocycles. The van der Waals surface area contributed by atoms with Gasteiger partial charge in [-0.1, -0.05) is 23.7 Å².